The van der Waals surface area contributed by atoms with Gasteiger partial charge < -0.3 is 0 Å². The van der Waals surface area contributed by atoms with Gasteiger partial charge in [-0.3, -0.25) is 4.79 Å². The fourth-order valence-corrected chi connectivity index (χ4v) is 1.83. The molecule has 1 atom stereocenters. The first-order valence-corrected chi connectivity index (χ1v) is 5.86. The number of rotatable bonds is 3. The third kappa shape index (κ3) is 3.08. The third-order valence-electron chi connectivity index (χ3n) is 1.90. The van der Waals surface area contributed by atoms with Crippen LogP contribution in [-0.2, 0) is 4.79 Å². The van der Waals surface area contributed by atoms with Gasteiger partial charge in [-0.25, -0.2) is 8.78 Å². The highest BCUT2D eigenvalue weighted by Gasteiger charge is 2.17. The number of carbonyl (C=O) groups excluding carboxylic acids is 1. The number of halogens is 4. The van der Waals surface area contributed by atoms with Gasteiger partial charge in [0.15, 0.2) is 0 Å². The van der Waals surface area contributed by atoms with Crippen LogP contribution in [0.2, 0.25) is 0 Å². The Morgan fingerprint density at radius 1 is 1.40 bits per heavy atom. The lowest BCUT2D eigenvalue weighted by molar-refractivity contribution is -0.116. The van der Waals surface area contributed by atoms with E-state index in [2.05, 4.69) is 31.9 Å². The maximum atomic E-state index is 12.5. The number of hydrogen-bond donors (Lipinski definition) is 0. The molecule has 0 aromatic heterocycles. The molecule has 0 spiro atoms. The predicted molar refractivity (Wildman–Crippen MR) is 61.4 cm³/mol. The average Bonchev–Trinajstić information content (AvgIpc) is 2.16. The second kappa shape index (κ2) is 5.16. The van der Waals surface area contributed by atoms with E-state index in [-0.39, 0.29) is 11.3 Å². The van der Waals surface area contributed by atoms with Crippen LogP contribution in [0.5, 0.6) is 0 Å². The largest absolute Gasteiger partial charge is 0.298 e. The van der Waals surface area contributed by atoms with E-state index in [0.717, 1.165) is 0 Å². The number of benzene rings is 1. The van der Waals surface area contributed by atoms with Crippen LogP contribution < -0.4 is 0 Å². The number of Topliss-reactive ketones (excluding diaryl/α,β-unsaturated/α-hetero) is 1. The summed E-state index contributed by atoms with van der Waals surface area (Å²) in [5.74, 6) is -0.113. The van der Waals surface area contributed by atoms with E-state index in [0.29, 0.717) is 10.0 Å². The van der Waals surface area contributed by atoms with E-state index in [1.807, 2.05) is 0 Å². The van der Waals surface area contributed by atoms with Crippen molar-refractivity contribution in [3.63, 3.8) is 0 Å². The molecule has 0 aliphatic rings. The second-order valence-corrected chi connectivity index (χ2v) is 4.82. The van der Waals surface area contributed by atoms with Crippen LogP contribution in [0.15, 0.2) is 22.7 Å². The van der Waals surface area contributed by atoms with Crippen molar-refractivity contribution in [2.24, 2.45) is 0 Å². The first kappa shape index (κ1) is 12.8. The molecule has 1 rings (SSSR count). The average molecular weight is 342 g/mol. The minimum Gasteiger partial charge on any atom is -0.298 e. The van der Waals surface area contributed by atoms with Crippen molar-refractivity contribution in [2.45, 2.75) is 18.2 Å². The predicted octanol–water partition coefficient (Wildman–Crippen LogP) is 4.41. The zero-order chi connectivity index (χ0) is 11.6. The fourth-order valence-electron chi connectivity index (χ4n) is 1.12. The van der Waals surface area contributed by atoms with Gasteiger partial charge in [-0.2, -0.15) is 0 Å². The summed E-state index contributed by atoms with van der Waals surface area (Å²) in [5.41, 5.74) is 0.444. The third-order valence-corrected chi connectivity index (χ3v) is 3.80. The minimum absolute atomic E-state index is 0.0989. The van der Waals surface area contributed by atoms with E-state index in [9.17, 15) is 13.6 Å². The molecule has 0 aliphatic carbocycles. The molecule has 5 heteroatoms. The van der Waals surface area contributed by atoms with Crippen molar-refractivity contribution in [1.82, 2.24) is 0 Å². The molecule has 1 aromatic rings. The van der Waals surface area contributed by atoms with Crippen LogP contribution >= 0.6 is 31.9 Å². The Hall–Kier alpha value is -0.290. The Labute approximate surface area is 103 Å². The maximum Gasteiger partial charge on any atom is 0.264 e. The van der Waals surface area contributed by atoms with E-state index in [1.165, 1.54) is 19.1 Å². The van der Waals surface area contributed by atoms with Crippen molar-refractivity contribution >= 4 is 37.6 Å². The summed E-state index contributed by atoms with van der Waals surface area (Å²) in [6.07, 6.45) is -2.55. The highest BCUT2D eigenvalue weighted by molar-refractivity contribution is 9.10. The van der Waals surface area contributed by atoms with Crippen molar-refractivity contribution in [2.75, 3.05) is 0 Å². The number of hydrogen-bond acceptors (Lipinski definition) is 1. The molecule has 0 heterocycles. The molecule has 0 N–H and O–H groups in total. The monoisotopic (exact) mass is 340 g/mol. The molecule has 0 amide bonds. The smallest absolute Gasteiger partial charge is 0.264 e. The van der Waals surface area contributed by atoms with Crippen molar-refractivity contribution < 1.29 is 13.6 Å². The summed E-state index contributed by atoms with van der Waals surface area (Å²) in [7, 11) is 0. The lowest BCUT2D eigenvalue weighted by atomic mass is 10.1. The number of alkyl halides is 3. The van der Waals surface area contributed by atoms with Gasteiger partial charge in [0, 0.05) is 10.0 Å². The quantitative estimate of drug-likeness (QED) is 0.744. The van der Waals surface area contributed by atoms with E-state index in [4.69, 9.17) is 0 Å². The van der Waals surface area contributed by atoms with Gasteiger partial charge in [0.1, 0.15) is 5.78 Å². The molecule has 0 radical (unpaired) electrons. The first-order valence-electron chi connectivity index (χ1n) is 4.15. The minimum atomic E-state index is -2.55. The van der Waals surface area contributed by atoms with Crippen LogP contribution in [0, 0.1) is 0 Å². The number of ketones is 1. The summed E-state index contributed by atoms with van der Waals surface area (Å²) in [6.45, 7) is 1.41. The summed E-state index contributed by atoms with van der Waals surface area (Å²) in [4.78, 5) is 10.5. The molecule has 0 fully saturated rings. The Morgan fingerprint density at radius 2 is 2.00 bits per heavy atom. The summed E-state index contributed by atoms with van der Waals surface area (Å²) < 4.78 is 25.4. The molecular formula is C10H8Br2F2O. The highest BCUT2D eigenvalue weighted by atomic mass is 79.9. The molecule has 0 saturated heterocycles. The Balaban J connectivity index is 3.13. The van der Waals surface area contributed by atoms with E-state index in [1.54, 1.807) is 6.07 Å². The Morgan fingerprint density at radius 3 is 2.47 bits per heavy atom. The zero-order valence-electron chi connectivity index (χ0n) is 7.81. The summed E-state index contributed by atoms with van der Waals surface area (Å²) >= 11 is 6.19. The van der Waals surface area contributed by atoms with Crippen LogP contribution in [0.4, 0.5) is 8.78 Å². The van der Waals surface area contributed by atoms with Crippen LogP contribution in [0.1, 0.15) is 29.3 Å². The summed E-state index contributed by atoms with van der Waals surface area (Å²) in [5, 5.41) is 0. The zero-order valence-corrected chi connectivity index (χ0v) is 11.0. The molecular weight excluding hydrogens is 334 g/mol. The topological polar surface area (TPSA) is 17.1 Å². The molecule has 1 nitrogen and oxygen atoms in total. The molecule has 0 saturated carbocycles. The van der Waals surface area contributed by atoms with Crippen LogP contribution in [0.25, 0.3) is 0 Å². The maximum absolute atomic E-state index is 12.5. The molecule has 82 valence electrons. The Kier molecular flexibility index (Phi) is 4.40. The van der Waals surface area contributed by atoms with Gasteiger partial charge in [-0.05, 0) is 24.6 Å². The molecule has 1 aromatic carbocycles. The van der Waals surface area contributed by atoms with Gasteiger partial charge in [0.05, 0.1) is 4.83 Å². The van der Waals surface area contributed by atoms with Gasteiger partial charge in [-0.1, -0.05) is 37.9 Å². The van der Waals surface area contributed by atoms with E-state index >= 15 is 0 Å². The lowest BCUT2D eigenvalue weighted by Gasteiger charge is -2.10. The van der Waals surface area contributed by atoms with E-state index < -0.39 is 11.3 Å². The van der Waals surface area contributed by atoms with Crippen molar-refractivity contribution in [1.29, 1.82) is 0 Å². The first-order chi connectivity index (χ1) is 6.93. The fraction of sp³-hybridized carbons (Fsp3) is 0.300. The van der Waals surface area contributed by atoms with Gasteiger partial charge in [0.25, 0.3) is 6.43 Å². The standard InChI is InChI=1S/C10H8Br2F2O/c1-5(15)9(12)6-2-3-8(11)7(4-6)10(13)14/h2-4,9-10H,1H3. The van der Waals surface area contributed by atoms with Gasteiger partial charge in [-0.15, -0.1) is 0 Å². The van der Waals surface area contributed by atoms with Crippen molar-refractivity contribution in [3.8, 4) is 0 Å². The summed E-state index contributed by atoms with van der Waals surface area (Å²) in [6, 6.07) is 4.49. The lowest BCUT2D eigenvalue weighted by Crippen LogP contribution is -2.02. The SMILES string of the molecule is CC(=O)C(Br)c1ccc(Br)c(C(F)F)c1. The Bertz CT molecular complexity index is 380. The van der Waals surface area contributed by atoms with Crippen LogP contribution in [0.3, 0.4) is 0 Å². The molecule has 15 heavy (non-hydrogen) atoms. The van der Waals surface area contributed by atoms with Crippen LogP contribution in [-0.4, -0.2) is 5.78 Å². The van der Waals surface area contributed by atoms with Gasteiger partial charge >= 0.3 is 0 Å². The van der Waals surface area contributed by atoms with Crippen molar-refractivity contribution in [3.05, 3.63) is 33.8 Å². The molecule has 0 aliphatic heterocycles. The second-order valence-electron chi connectivity index (χ2n) is 3.05. The number of carbonyl (C=O) groups is 1. The highest BCUT2D eigenvalue weighted by Crippen LogP contribution is 2.32. The van der Waals surface area contributed by atoms with Gasteiger partial charge in [0.2, 0.25) is 0 Å². The molecule has 1 unspecified atom stereocenters. The molecule has 0 bridgehead atoms. The normalized spacial score (nSPS) is 12.9.